The van der Waals surface area contributed by atoms with Crippen LogP contribution in [-0.2, 0) is 0 Å². The topological polar surface area (TPSA) is 29.3 Å². The van der Waals surface area contributed by atoms with Crippen molar-refractivity contribution in [3.05, 3.63) is 52.7 Å². The summed E-state index contributed by atoms with van der Waals surface area (Å²) in [5.74, 6) is 0. The van der Waals surface area contributed by atoms with E-state index in [9.17, 15) is 0 Å². The fourth-order valence-electron chi connectivity index (χ4n) is 2.32. The van der Waals surface area contributed by atoms with Crippen molar-refractivity contribution in [2.24, 2.45) is 5.73 Å². The van der Waals surface area contributed by atoms with E-state index in [1.54, 1.807) is 11.3 Å². The molecule has 102 valence electrons. The highest BCUT2D eigenvalue weighted by Crippen LogP contribution is 2.28. The average Bonchev–Trinajstić information content (AvgIpc) is 2.98. The minimum atomic E-state index is 0.278. The standard InChI is InChI=1S/C16H22N2S/c1-2-3-10-18(15-7-5-4-6-8-15)16(12-17)14-9-11-19-13-14/h4-9,11,13,16H,2-3,10,12,17H2,1H3. The van der Waals surface area contributed by atoms with E-state index in [2.05, 4.69) is 59.0 Å². The van der Waals surface area contributed by atoms with Gasteiger partial charge in [0, 0.05) is 18.8 Å². The molecule has 2 N–H and O–H groups in total. The molecule has 0 aliphatic heterocycles. The molecular formula is C16H22N2S. The van der Waals surface area contributed by atoms with Crippen LogP contribution in [0, 0.1) is 0 Å². The lowest BCUT2D eigenvalue weighted by Gasteiger charge is -2.33. The number of hydrogen-bond acceptors (Lipinski definition) is 3. The second kappa shape index (κ2) is 7.31. The van der Waals surface area contributed by atoms with Gasteiger partial charge in [-0.15, -0.1) is 0 Å². The van der Waals surface area contributed by atoms with Crippen LogP contribution in [0.3, 0.4) is 0 Å². The number of anilines is 1. The maximum atomic E-state index is 6.04. The lowest BCUT2D eigenvalue weighted by molar-refractivity contribution is 0.606. The number of nitrogens with two attached hydrogens (primary N) is 1. The molecule has 1 heterocycles. The number of para-hydroxylation sites is 1. The van der Waals surface area contributed by atoms with Crippen LogP contribution in [0.5, 0.6) is 0 Å². The SMILES string of the molecule is CCCCN(c1ccccc1)C(CN)c1ccsc1. The van der Waals surface area contributed by atoms with Gasteiger partial charge in [-0.2, -0.15) is 11.3 Å². The Bertz CT molecular complexity index is 453. The first-order valence-electron chi connectivity index (χ1n) is 6.90. The number of rotatable bonds is 7. The third kappa shape index (κ3) is 3.58. The Morgan fingerprint density at radius 1 is 1.21 bits per heavy atom. The summed E-state index contributed by atoms with van der Waals surface area (Å²) in [6, 6.07) is 13.0. The Balaban J connectivity index is 2.25. The molecule has 2 rings (SSSR count). The maximum Gasteiger partial charge on any atom is 0.0672 e. The predicted molar refractivity (Wildman–Crippen MR) is 84.8 cm³/mol. The molecule has 0 radical (unpaired) electrons. The van der Waals surface area contributed by atoms with Crippen molar-refractivity contribution in [1.29, 1.82) is 0 Å². The van der Waals surface area contributed by atoms with Gasteiger partial charge in [-0.1, -0.05) is 31.5 Å². The Hall–Kier alpha value is -1.32. The van der Waals surface area contributed by atoms with Crippen LogP contribution in [-0.4, -0.2) is 13.1 Å². The first kappa shape index (κ1) is 14.1. The zero-order valence-electron chi connectivity index (χ0n) is 11.5. The molecule has 0 saturated heterocycles. The van der Waals surface area contributed by atoms with Crippen LogP contribution < -0.4 is 10.6 Å². The van der Waals surface area contributed by atoms with Gasteiger partial charge in [0.25, 0.3) is 0 Å². The van der Waals surface area contributed by atoms with Crippen molar-refractivity contribution in [2.45, 2.75) is 25.8 Å². The van der Waals surface area contributed by atoms with E-state index < -0.39 is 0 Å². The van der Waals surface area contributed by atoms with Crippen molar-refractivity contribution in [3.63, 3.8) is 0 Å². The highest BCUT2D eigenvalue weighted by molar-refractivity contribution is 7.08. The van der Waals surface area contributed by atoms with Crippen molar-refractivity contribution in [1.82, 2.24) is 0 Å². The molecule has 1 unspecified atom stereocenters. The third-order valence-corrected chi connectivity index (χ3v) is 4.07. The summed E-state index contributed by atoms with van der Waals surface area (Å²) in [6.07, 6.45) is 2.39. The number of hydrogen-bond donors (Lipinski definition) is 1. The molecule has 3 heteroatoms. The summed E-state index contributed by atoms with van der Waals surface area (Å²) in [5, 5.41) is 4.33. The predicted octanol–water partition coefficient (Wildman–Crippen LogP) is 4.05. The van der Waals surface area contributed by atoms with Crippen molar-refractivity contribution < 1.29 is 0 Å². The quantitative estimate of drug-likeness (QED) is 0.825. The number of nitrogens with zero attached hydrogens (tertiary/aromatic N) is 1. The van der Waals surface area contributed by atoms with Gasteiger partial charge in [0.15, 0.2) is 0 Å². The molecule has 1 aromatic carbocycles. The minimum absolute atomic E-state index is 0.278. The van der Waals surface area contributed by atoms with Gasteiger partial charge in [-0.05, 0) is 40.9 Å². The number of benzene rings is 1. The molecule has 1 atom stereocenters. The minimum Gasteiger partial charge on any atom is -0.363 e. The Labute approximate surface area is 119 Å². The summed E-state index contributed by atoms with van der Waals surface area (Å²) < 4.78 is 0. The summed E-state index contributed by atoms with van der Waals surface area (Å²) in [7, 11) is 0. The van der Waals surface area contributed by atoms with Crippen LogP contribution in [0.2, 0.25) is 0 Å². The summed E-state index contributed by atoms with van der Waals surface area (Å²) in [6.45, 7) is 3.93. The van der Waals surface area contributed by atoms with Gasteiger partial charge in [0.1, 0.15) is 0 Å². The smallest absolute Gasteiger partial charge is 0.0672 e. The van der Waals surface area contributed by atoms with E-state index in [0.717, 1.165) is 6.54 Å². The Morgan fingerprint density at radius 2 is 2.00 bits per heavy atom. The zero-order valence-corrected chi connectivity index (χ0v) is 12.3. The fraction of sp³-hybridized carbons (Fsp3) is 0.375. The summed E-state index contributed by atoms with van der Waals surface area (Å²) in [4.78, 5) is 2.44. The third-order valence-electron chi connectivity index (χ3n) is 3.37. The largest absolute Gasteiger partial charge is 0.363 e. The molecule has 0 aliphatic rings. The van der Waals surface area contributed by atoms with Crippen LogP contribution in [0.1, 0.15) is 31.4 Å². The Kier molecular flexibility index (Phi) is 5.43. The van der Waals surface area contributed by atoms with E-state index in [0.29, 0.717) is 6.54 Å². The van der Waals surface area contributed by atoms with Crippen LogP contribution in [0.25, 0.3) is 0 Å². The van der Waals surface area contributed by atoms with E-state index in [4.69, 9.17) is 5.73 Å². The lowest BCUT2D eigenvalue weighted by Crippen LogP contribution is -2.34. The van der Waals surface area contributed by atoms with E-state index in [1.807, 2.05) is 0 Å². The van der Waals surface area contributed by atoms with Crippen LogP contribution in [0.4, 0.5) is 5.69 Å². The van der Waals surface area contributed by atoms with E-state index in [1.165, 1.54) is 24.1 Å². The van der Waals surface area contributed by atoms with Crippen LogP contribution >= 0.6 is 11.3 Å². The molecule has 2 nitrogen and oxygen atoms in total. The van der Waals surface area contributed by atoms with Crippen molar-refractivity contribution in [2.75, 3.05) is 18.0 Å². The highest BCUT2D eigenvalue weighted by Gasteiger charge is 2.19. The molecular weight excluding hydrogens is 252 g/mol. The van der Waals surface area contributed by atoms with Gasteiger partial charge in [-0.3, -0.25) is 0 Å². The number of thiophene rings is 1. The van der Waals surface area contributed by atoms with Crippen LogP contribution in [0.15, 0.2) is 47.2 Å². The molecule has 2 aromatic rings. The van der Waals surface area contributed by atoms with E-state index >= 15 is 0 Å². The second-order valence-corrected chi connectivity index (χ2v) is 5.47. The molecule has 19 heavy (non-hydrogen) atoms. The second-order valence-electron chi connectivity index (χ2n) is 4.69. The van der Waals surface area contributed by atoms with Gasteiger partial charge in [0.2, 0.25) is 0 Å². The van der Waals surface area contributed by atoms with Gasteiger partial charge in [-0.25, -0.2) is 0 Å². The molecule has 0 fully saturated rings. The monoisotopic (exact) mass is 274 g/mol. The lowest BCUT2D eigenvalue weighted by atomic mass is 10.1. The summed E-state index contributed by atoms with van der Waals surface area (Å²) in [5.41, 5.74) is 8.62. The Morgan fingerprint density at radius 3 is 2.58 bits per heavy atom. The van der Waals surface area contributed by atoms with Crippen molar-refractivity contribution >= 4 is 17.0 Å². The maximum absolute atomic E-state index is 6.04. The summed E-state index contributed by atoms with van der Waals surface area (Å²) >= 11 is 1.74. The number of unbranched alkanes of at least 4 members (excludes halogenated alkanes) is 1. The molecule has 1 aromatic heterocycles. The molecule has 0 bridgehead atoms. The molecule has 0 aliphatic carbocycles. The normalized spacial score (nSPS) is 12.3. The molecule has 0 saturated carbocycles. The fourth-order valence-corrected chi connectivity index (χ4v) is 3.03. The van der Waals surface area contributed by atoms with Gasteiger partial charge in [0.05, 0.1) is 6.04 Å². The first-order valence-corrected chi connectivity index (χ1v) is 7.85. The van der Waals surface area contributed by atoms with E-state index in [-0.39, 0.29) is 6.04 Å². The van der Waals surface area contributed by atoms with Gasteiger partial charge < -0.3 is 10.6 Å². The average molecular weight is 274 g/mol. The van der Waals surface area contributed by atoms with Crippen molar-refractivity contribution in [3.8, 4) is 0 Å². The molecule has 0 spiro atoms. The van der Waals surface area contributed by atoms with Gasteiger partial charge >= 0.3 is 0 Å². The first-order chi connectivity index (χ1) is 9.36. The zero-order chi connectivity index (χ0) is 13.5. The molecule has 0 amide bonds. The highest BCUT2D eigenvalue weighted by atomic mass is 32.1.